The summed E-state index contributed by atoms with van der Waals surface area (Å²) in [6, 6.07) is 2.01. The van der Waals surface area contributed by atoms with Crippen LogP contribution in [0.15, 0.2) is 30.4 Å². The van der Waals surface area contributed by atoms with Gasteiger partial charge in [-0.05, 0) is 76.8 Å². The Hall–Kier alpha value is -4.20. The Bertz CT molecular complexity index is 1540. The summed E-state index contributed by atoms with van der Waals surface area (Å²) < 4.78 is 10.8. The van der Waals surface area contributed by atoms with Gasteiger partial charge < -0.3 is 30.1 Å². The van der Waals surface area contributed by atoms with Crippen LogP contribution in [0.5, 0.6) is 5.75 Å². The van der Waals surface area contributed by atoms with E-state index >= 15 is 0 Å². The first-order valence-corrected chi connectivity index (χ1v) is 16.4. The molecule has 0 spiro atoms. The number of phenolic OH excluding ortho intramolecular Hbond substituents is 1. The maximum atomic E-state index is 14.3. The van der Waals surface area contributed by atoms with E-state index in [0.717, 1.165) is 19.3 Å². The maximum absolute atomic E-state index is 14.3. The average molecular weight is 672 g/mol. The molecule has 0 bridgehead atoms. The number of aromatic nitrogens is 4. The first-order chi connectivity index (χ1) is 22.3. The summed E-state index contributed by atoms with van der Waals surface area (Å²) in [6.07, 6.45) is 7.23. The fourth-order valence-electron chi connectivity index (χ4n) is 6.08. The van der Waals surface area contributed by atoms with Crippen molar-refractivity contribution in [3.05, 3.63) is 35.4 Å². The van der Waals surface area contributed by atoms with Crippen LogP contribution in [0.3, 0.4) is 0 Å². The van der Waals surface area contributed by atoms with E-state index in [2.05, 4.69) is 26.0 Å². The number of halogens is 1. The number of aromatic hydroxyl groups is 1. The number of nitrogens with zero attached hydrogens (tertiary/aromatic N) is 5. The lowest BCUT2D eigenvalue weighted by Crippen LogP contribution is -2.56. The second-order valence-electron chi connectivity index (χ2n) is 13.3. The average Bonchev–Trinajstić information content (AvgIpc) is 3.32. The van der Waals surface area contributed by atoms with Crippen molar-refractivity contribution in [2.24, 2.45) is 5.92 Å². The van der Waals surface area contributed by atoms with Crippen molar-refractivity contribution in [3.8, 4) is 17.1 Å². The minimum Gasteiger partial charge on any atom is -0.506 e. The van der Waals surface area contributed by atoms with E-state index in [0.29, 0.717) is 24.8 Å². The van der Waals surface area contributed by atoms with Gasteiger partial charge in [-0.25, -0.2) is 9.59 Å². The molecule has 254 valence electrons. The summed E-state index contributed by atoms with van der Waals surface area (Å²) in [5.41, 5.74) is -1.48. The van der Waals surface area contributed by atoms with Crippen molar-refractivity contribution in [3.63, 3.8) is 0 Å². The number of ether oxygens (including phenoxy) is 2. The number of hydrogen-bond acceptors (Lipinski definition) is 10. The first-order valence-electron chi connectivity index (χ1n) is 16.1. The zero-order valence-corrected chi connectivity index (χ0v) is 27.8. The molecule has 5 rings (SSSR count). The molecule has 1 aromatic heterocycles. The van der Waals surface area contributed by atoms with E-state index in [-0.39, 0.29) is 42.1 Å². The molecule has 2 aliphatic heterocycles. The van der Waals surface area contributed by atoms with Crippen LogP contribution in [-0.4, -0.2) is 90.5 Å². The molecule has 1 aliphatic carbocycles. The molecule has 3 N–H and O–H groups in total. The Balaban J connectivity index is 1.46. The van der Waals surface area contributed by atoms with Crippen molar-refractivity contribution in [2.75, 3.05) is 13.2 Å². The normalized spacial score (nSPS) is 27.4. The van der Waals surface area contributed by atoms with Gasteiger partial charge in [-0.3, -0.25) is 9.59 Å². The van der Waals surface area contributed by atoms with Crippen LogP contribution >= 0.6 is 11.6 Å². The number of phenols is 1. The van der Waals surface area contributed by atoms with Gasteiger partial charge in [0.05, 0.1) is 17.7 Å². The molecule has 5 atom stereocenters. The Kier molecular flexibility index (Phi) is 10.1. The Labute approximate surface area is 278 Å². The summed E-state index contributed by atoms with van der Waals surface area (Å²) in [7, 11) is 0. The topological polar surface area (TPSA) is 178 Å². The molecule has 3 amide bonds. The van der Waals surface area contributed by atoms with E-state index in [1.807, 2.05) is 12.2 Å². The van der Waals surface area contributed by atoms with Gasteiger partial charge in [0.25, 0.3) is 0 Å². The number of amides is 3. The zero-order valence-electron chi connectivity index (χ0n) is 27.1. The summed E-state index contributed by atoms with van der Waals surface area (Å²) >= 11 is 6.08. The fraction of sp³-hybridized carbons (Fsp3) is 0.594. The van der Waals surface area contributed by atoms with Crippen molar-refractivity contribution >= 4 is 35.5 Å². The monoisotopic (exact) mass is 671 g/mol. The standard InChI is InChI=1S/C32H42ClN7O7/c1-5-46-29(44)32-17-20(32)11-9-7-6-8-10-12-23(34-30(45)47-31(2,3)4)28(43)39-18-21(16-24(39)27(42)35-32)40-37-26(36-38-40)19-13-14-25(41)22(33)15-19/h9,11,13-15,20-21,23-24,41H,5-8,10,12,16-18H2,1-4H3,(H,34,45)(H,35,42)/b11-9-/t20-,21?,23-,24-,32+/m0/s1. The molecule has 15 heteroatoms. The number of carbonyl (C=O) groups excluding carboxylic acids is 4. The van der Waals surface area contributed by atoms with Gasteiger partial charge >= 0.3 is 12.1 Å². The molecular weight excluding hydrogens is 630 g/mol. The van der Waals surface area contributed by atoms with Crippen LogP contribution < -0.4 is 10.6 Å². The van der Waals surface area contributed by atoms with Crippen LogP contribution in [0.4, 0.5) is 4.79 Å². The van der Waals surface area contributed by atoms with E-state index in [4.69, 9.17) is 21.1 Å². The van der Waals surface area contributed by atoms with Crippen LogP contribution in [0, 0.1) is 5.92 Å². The number of benzene rings is 1. The smallest absolute Gasteiger partial charge is 0.408 e. The quantitative estimate of drug-likeness (QED) is 0.314. The van der Waals surface area contributed by atoms with E-state index in [9.17, 15) is 24.3 Å². The van der Waals surface area contributed by atoms with Crippen molar-refractivity contribution in [1.29, 1.82) is 0 Å². The summed E-state index contributed by atoms with van der Waals surface area (Å²) in [4.78, 5) is 57.1. The predicted octanol–water partition coefficient (Wildman–Crippen LogP) is 3.69. The molecule has 1 aromatic carbocycles. The third kappa shape index (κ3) is 7.86. The Morgan fingerprint density at radius 2 is 2.00 bits per heavy atom. The third-order valence-corrected chi connectivity index (χ3v) is 8.85. The number of tetrazole rings is 1. The van der Waals surface area contributed by atoms with E-state index in [1.165, 1.54) is 21.8 Å². The van der Waals surface area contributed by atoms with Crippen molar-refractivity contribution in [1.82, 2.24) is 35.7 Å². The molecule has 47 heavy (non-hydrogen) atoms. The number of esters is 1. The molecule has 2 aromatic rings. The van der Waals surface area contributed by atoms with Crippen molar-refractivity contribution < 1.29 is 33.8 Å². The highest BCUT2D eigenvalue weighted by Crippen LogP contribution is 2.46. The van der Waals surface area contributed by atoms with Gasteiger partial charge in [-0.2, -0.15) is 4.80 Å². The second kappa shape index (κ2) is 13.9. The molecule has 1 unspecified atom stereocenters. The number of carbonyl (C=O) groups is 4. The lowest BCUT2D eigenvalue weighted by Gasteiger charge is -2.30. The number of allylic oxidation sites excluding steroid dienone is 1. The summed E-state index contributed by atoms with van der Waals surface area (Å²) in [5, 5.41) is 28.4. The largest absolute Gasteiger partial charge is 0.506 e. The van der Waals surface area contributed by atoms with Gasteiger partial charge in [0, 0.05) is 24.4 Å². The van der Waals surface area contributed by atoms with Gasteiger partial charge in [0.15, 0.2) is 0 Å². The van der Waals surface area contributed by atoms with Gasteiger partial charge in [0.1, 0.15) is 29.0 Å². The Morgan fingerprint density at radius 1 is 1.21 bits per heavy atom. The highest BCUT2D eigenvalue weighted by atomic mass is 35.5. The Morgan fingerprint density at radius 3 is 2.72 bits per heavy atom. The van der Waals surface area contributed by atoms with Gasteiger partial charge in [-0.15, -0.1) is 10.2 Å². The second-order valence-corrected chi connectivity index (χ2v) is 13.7. The number of rotatable bonds is 5. The zero-order chi connectivity index (χ0) is 33.9. The molecule has 0 radical (unpaired) electrons. The SMILES string of the molecule is CCOC(=O)[C@@]12C[C@@H]1/C=C\CCCCC[C@H](NC(=O)OC(C)(C)C)C(=O)N1CC(n3nnc(-c4ccc(O)c(Cl)c4)n3)C[C@H]1C(=O)N2. The van der Waals surface area contributed by atoms with Crippen LogP contribution in [0.1, 0.15) is 78.7 Å². The van der Waals surface area contributed by atoms with E-state index < -0.39 is 53.1 Å². The third-order valence-electron chi connectivity index (χ3n) is 8.55. The van der Waals surface area contributed by atoms with E-state index in [1.54, 1.807) is 33.8 Å². The minimum absolute atomic E-state index is 0.0469. The molecule has 2 fully saturated rings. The molecule has 3 aliphatic rings. The number of hydrogen-bond donors (Lipinski definition) is 3. The maximum Gasteiger partial charge on any atom is 0.408 e. The van der Waals surface area contributed by atoms with Crippen LogP contribution in [0.25, 0.3) is 11.4 Å². The molecule has 1 saturated carbocycles. The number of fused-ring (bicyclic) bond motifs is 2. The molecule has 14 nitrogen and oxygen atoms in total. The minimum atomic E-state index is -1.22. The van der Waals surface area contributed by atoms with Crippen molar-refractivity contribution in [2.45, 2.75) is 102 Å². The van der Waals surface area contributed by atoms with Gasteiger partial charge in [-0.1, -0.05) is 36.6 Å². The van der Waals surface area contributed by atoms with Crippen LogP contribution in [0.2, 0.25) is 5.02 Å². The summed E-state index contributed by atoms with van der Waals surface area (Å²) in [5.74, 6) is -1.55. The molecule has 1 saturated heterocycles. The van der Waals surface area contributed by atoms with Gasteiger partial charge in [0.2, 0.25) is 17.6 Å². The summed E-state index contributed by atoms with van der Waals surface area (Å²) in [6.45, 7) is 7.12. The van der Waals surface area contributed by atoms with Crippen LogP contribution in [-0.2, 0) is 23.9 Å². The fourth-order valence-corrected chi connectivity index (χ4v) is 6.26. The highest BCUT2D eigenvalue weighted by Gasteiger charge is 2.62. The lowest BCUT2D eigenvalue weighted by molar-refractivity contribution is -0.150. The molecule has 3 heterocycles. The lowest BCUT2D eigenvalue weighted by atomic mass is 10.0. The highest BCUT2D eigenvalue weighted by molar-refractivity contribution is 6.32. The first kappa shape index (κ1) is 34.1. The predicted molar refractivity (Wildman–Crippen MR) is 170 cm³/mol. The number of nitrogens with one attached hydrogen (secondary N) is 2. The number of alkyl carbamates (subject to hydrolysis) is 1. The molecular formula is C32H42ClN7O7.